The third-order valence-electron chi connectivity index (χ3n) is 4.76. The number of nitrogens with zero attached hydrogens (tertiary/aromatic N) is 2. The van der Waals surface area contributed by atoms with Crippen LogP contribution in [-0.4, -0.2) is 44.1 Å². The SMILES string of the molecule is Nc1nc(N)c2cc(NCc3ccc(C(=O)NN[C@@H](CCC(=O)O)C(=O)O)cc3)ccc2n1. The second kappa shape index (κ2) is 10.2. The van der Waals surface area contributed by atoms with E-state index in [0.29, 0.717) is 28.8 Å². The highest BCUT2D eigenvalue weighted by Gasteiger charge is 2.19. The summed E-state index contributed by atoms with van der Waals surface area (Å²) in [5.74, 6) is -2.52. The number of hydrazine groups is 1. The summed E-state index contributed by atoms with van der Waals surface area (Å²) in [6, 6.07) is 10.9. The second-order valence-corrected chi connectivity index (χ2v) is 7.17. The number of fused-ring (bicyclic) bond motifs is 1. The summed E-state index contributed by atoms with van der Waals surface area (Å²) in [5.41, 5.74) is 18.8. The molecular weight excluding hydrogens is 430 g/mol. The Labute approximate surface area is 188 Å². The van der Waals surface area contributed by atoms with Crippen molar-refractivity contribution in [2.45, 2.75) is 25.4 Å². The van der Waals surface area contributed by atoms with E-state index >= 15 is 0 Å². The molecule has 0 saturated carbocycles. The number of hydrogen-bond donors (Lipinski definition) is 7. The van der Waals surface area contributed by atoms with Crippen LogP contribution in [0.3, 0.4) is 0 Å². The van der Waals surface area contributed by atoms with Crippen LogP contribution in [0.1, 0.15) is 28.8 Å². The minimum absolute atomic E-state index is 0.110. The Morgan fingerprint density at radius 3 is 2.39 bits per heavy atom. The van der Waals surface area contributed by atoms with Gasteiger partial charge in [-0.1, -0.05) is 12.1 Å². The van der Waals surface area contributed by atoms with Gasteiger partial charge in [0.05, 0.1) is 5.52 Å². The molecule has 0 fully saturated rings. The minimum Gasteiger partial charge on any atom is -0.481 e. The Hall–Kier alpha value is -4.45. The van der Waals surface area contributed by atoms with E-state index in [0.717, 1.165) is 11.3 Å². The maximum Gasteiger partial charge on any atom is 0.322 e. The molecule has 1 heterocycles. The van der Waals surface area contributed by atoms with Crippen LogP contribution in [0.4, 0.5) is 17.5 Å². The molecule has 3 rings (SSSR count). The first-order valence-corrected chi connectivity index (χ1v) is 9.89. The number of amides is 1. The standard InChI is InChI=1S/C21H23N7O5/c22-18-14-9-13(5-6-15(14)25-21(23)26-18)24-10-11-1-3-12(4-2-11)19(31)28-27-16(20(32)33)7-8-17(29)30/h1-6,9,16,24,27H,7-8,10H2,(H,28,31)(H,29,30)(H,32,33)(H4,22,23,25,26)/t16-/m0/s1. The van der Waals surface area contributed by atoms with Crippen molar-refractivity contribution in [1.82, 2.24) is 20.8 Å². The monoisotopic (exact) mass is 453 g/mol. The number of nitrogens with two attached hydrogens (primary N) is 2. The van der Waals surface area contributed by atoms with Gasteiger partial charge in [0.25, 0.3) is 5.91 Å². The Bertz CT molecular complexity index is 1180. The molecule has 3 aromatic rings. The number of carboxylic acids is 2. The fourth-order valence-corrected chi connectivity index (χ4v) is 3.01. The predicted octanol–water partition coefficient (Wildman–Crippen LogP) is 0.959. The molecule has 12 nitrogen and oxygen atoms in total. The van der Waals surface area contributed by atoms with Crippen molar-refractivity contribution >= 4 is 46.2 Å². The van der Waals surface area contributed by atoms with Gasteiger partial charge in [0.1, 0.15) is 11.9 Å². The average Bonchev–Trinajstić information content (AvgIpc) is 2.77. The van der Waals surface area contributed by atoms with Gasteiger partial charge in [0, 0.05) is 29.6 Å². The lowest BCUT2D eigenvalue weighted by Crippen LogP contribution is -2.48. The van der Waals surface area contributed by atoms with Gasteiger partial charge < -0.3 is 27.0 Å². The van der Waals surface area contributed by atoms with Crippen molar-refractivity contribution in [2.75, 3.05) is 16.8 Å². The Kier molecular flexibility index (Phi) is 7.20. The molecule has 0 bridgehead atoms. The van der Waals surface area contributed by atoms with Gasteiger partial charge in [0.15, 0.2) is 0 Å². The summed E-state index contributed by atoms with van der Waals surface area (Å²) in [7, 11) is 0. The van der Waals surface area contributed by atoms with Crippen molar-refractivity contribution in [3.8, 4) is 0 Å². The highest BCUT2D eigenvalue weighted by molar-refractivity contribution is 5.94. The maximum absolute atomic E-state index is 12.2. The van der Waals surface area contributed by atoms with E-state index < -0.39 is 23.9 Å². The van der Waals surface area contributed by atoms with Crippen LogP contribution in [0.5, 0.6) is 0 Å². The normalized spacial score (nSPS) is 11.6. The number of rotatable bonds is 10. The summed E-state index contributed by atoms with van der Waals surface area (Å²) < 4.78 is 0. The molecular formula is C21H23N7O5. The molecule has 0 radical (unpaired) electrons. The van der Waals surface area contributed by atoms with Crippen LogP contribution >= 0.6 is 0 Å². The smallest absolute Gasteiger partial charge is 0.322 e. The first kappa shape index (κ1) is 23.2. The van der Waals surface area contributed by atoms with Crippen molar-refractivity contribution in [3.05, 3.63) is 53.6 Å². The summed E-state index contributed by atoms with van der Waals surface area (Å²) in [6.07, 6.45) is -0.512. The summed E-state index contributed by atoms with van der Waals surface area (Å²) in [4.78, 5) is 42.1. The van der Waals surface area contributed by atoms with Gasteiger partial charge in [0.2, 0.25) is 5.95 Å². The third kappa shape index (κ3) is 6.27. The molecule has 2 aromatic carbocycles. The van der Waals surface area contributed by atoms with E-state index in [4.69, 9.17) is 21.7 Å². The van der Waals surface area contributed by atoms with E-state index in [2.05, 4.69) is 26.1 Å². The van der Waals surface area contributed by atoms with E-state index in [-0.39, 0.29) is 18.8 Å². The molecule has 172 valence electrons. The van der Waals surface area contributed by atoms with Gasteiger partial charge in [-0.2, -0.15) is 4.98 Å². The number of nitrogens with one attached hydrogen (secondary N) is 3. The lowest BCUT2D eigenvalue weighted by Gasteiger charge is -2.14. The zero-order chi connectivity index (χ0) is 24.0. The number of nitrogen functional groups attached to an aromatic ring is 2. The van der Waals surface area contributed by atoms with Gasteiger partial charge >= 0.3 is 11.9 Å². The van der Waals surface area contributed by atoms with Crippen LogP contribution < -0.4 is 27.6 Å². The molecule has 0 aliphatic heterocycles. The Morgan fingerprint density at radius 2 is 1.73 bits per heavy atom. The average molecular weight is 453 g/mol. The van der Waals surface area contributed by atoms with Crippen LogP contribution in [0.25, 0.3) is 10.9 Å². The molecule has 12 heteroatoms. The number of carbonyl (C=O) groups is 3. The van der Waals surface area contributed by atoms with E-state index in [1.54, 1.807) is 30.3 Å². The first-order chi connectivity index (χ1) is 15.7. The fraction of sp³-hybridized carbons (Fsp3) is 0.190. The van der Waals surface area contributed by atoms with Crippen molar-refractivity contribution in [1.29, 1.82) is 0 Å². The quantitative estimate of drug-likeness (QED) is 0.215. The van der Waals surface area contributed by atoms with Crippen LogP contribution in [0.15, 0.2) is 42.5 Å². The van der Waals surface area contributed by atoms with Crippen molar-refractivity contribution in [3.63, 3.8) is 0 Å². The second-order valence-electron chi connectivity index (χ2n) is 7.17. The van der Waals surface area contributed by atoms with Crippen LogP contribution in [0.2, 0.25) is 0 Å². The van der Waals surface area contributed by atoms with Crippen LogP contribution in [-0.2, 0) is 16.1 Å². The topological polar surface area (TPSA) is 206 Å². The molecule has 0 aliphatic rings. The highest BCUT2D eigenvalue weighted by Crippen LogP contribution is 2.23. The first-order valence-electron chi connectivity index (χ1n) is 9.89. The molecule has 1 atom stereocenters. The number of carboxylic acid groups (broad SMARTS) is 2. The van der Waals surface area contributed by atoms with Crippen molar-refractivity contribution in [2.24, 2.45) is 0 Å². The zero-order valence-electron chi connectivity index (χ0n) is 17.4. The summed E-state index contributed by atoms with van der Waals surface area (Å²) >= 11 is 0. The molecule has 33 heavy (non-hydrogen) atoms. The Balaban J connectivity index is 1.56. The molecule has 1 amide bonds. The number of hydrogen-bond acceptors (Lipinski definition) is 9. The van der Waals surface area contributed by atoms with Crippen molar-refractivity contribution < 1.29 is 24.6 Å². The summed E-state index contributed by atoms with van der Waals surface area (Å²) in [6.45, 7) is 0.470. The van der Waals surface area contributed by atoms with Crippen LogP contribution in [0, 0.1) is 0 Å². The fourth-order valence-electron chi connectivity index (χ4n) is 3.01. The van der Waals surface area contributed by atoms with E-state index in [1.165, 1.54) is 0 Å². The van der Waals surface area contributed by atoms with Gasteiger partial charge in [-0.15, -0.1) is 0 Å². The van der Waals surface area contributed by atoms with Gasteiger partial charge in [-0.25, -0.2) is 10.4 Å². The summed E-state index contributed by atoms with van der Waals surface area (Å²) in [5, 5.41) is 21.7. The predicted molar refractivity (Wildman–Crippen MR) is 121 cm³/mol. The largest absolute Gasteiger partial charge is 0.481 e. The Morgan fingerprint density at radius 1 is 1.00 bits per heavy atom. The molecule has 0 aliphatic carbocycles. The number of carbonyl (C=O) groups excluding carboxylic acids is 1. The number of aliphatic carboxylic acids is 2. The number of benzene rings is 2. The number of aromatic nitrogens is 2. The minimum atomic E-state index is -1.26. The van der Waals surface area contributed by atoms with Gasteiger partial charge in [-0.3, -0.25) is 19.8 Å². The third-order valence-corrected chi connectivity index (χ3v) is 4.76. The highest BCUT2D eigenvalue weighted by atomic mass is 16.4. The lowest BCUT2D eigenvalue weighted by molar-refractivity contribution is -0.140. The lowest BCUT2D eigenvalue weighted by atomic mass is 10.1. The molecule has 0 spiro atoms. The molecule has 0 saturated heterocycles. The molecule has 9 N–H and O–H groups in total. The maximum atomic E-state index is 12.2. The molecule has 1 aromatic heterocycles. The van der Waals surface area contributed by atoms with E-state index in [9.17, 15) is 14.4 Å². The number of anilines is 3. The van der Waals surface area contributed by atoms with Gasteiger partial charge in [-0.05, 0) is 42.3 Å². The molecule has 0 unspecified atom stereocenters. The zero-order valence-corrected chi connectivity index (χ0v) is 17.4. The van der Waals surface area contributed by atoms with E-state index in [1.807, 2.05) is 12.1 Å².